The van der Waals surface area contributed by atoms with Crippen molar-refractivity contribution in [2.45, 2.75) is 25.7 Å². The van der Waals surface area contributed by atoms with E-state index >= 15 is 0 Å². The number of benzene rings is 1. The van der Waals surface area contributed by atoms with E-state index in [1.165, 1.54) is 24.9 Å². The molecule has 16 heavy (non-hydrogen) atoms. The maximum atomic E-state index is 5.18. The van der Waals surface area contributed by atoms with Crippen LogP contribution in [0.15, 0.2) is 24.3 Å². The Hall–Kier alpha value is -1.02. The van der Waals surface area contributed by atoms with Gasteiger partial charge in [0, 0.05) is 0 Å². The van der Waals surface area contributed by atoms with Crippen molar-refractivity contribution in [2.24, 2.45) is 5.92 Å². The molecule has 2 rings (SSSR count). The summed E-state index contributed by atoms with van der Waals surface area (Å²) in [7, 11) is 1.71. The summed E-state index contributed by atoms with van der Waals surface area (Å²) in [5, 5.41) is 3.48. The Balaban J connectivity index is 2.04. The lowest BCUT2D eigenvalue weighted by Gasteiger charge is -2.28. The second-order valence-corrected chi connectivity index (χ2v) is 4.67. The van der Waals surface area contributed by atoms with Gasteiger partial charge >= 0.3 is 0 Å². The molecule has 1 aliphatic heterocycles. The monoisotopic (exact) mass is 219 g/mol. The smallest absolute Gasteiger partial charge is 0.118 e. The van der Waals surface area contributed by atoms with Crippen LogP contribution in [-0.2, 0) is 0 Å². The molecule has 0 aliphatic carbocycles. The van der Waals surface area contributed by atoms with Crippen LogP contribution in [0.2, 0.25) is 0 Å². The number of nitrogens with one attached hydrogen (secondary N) is 1. The van der Waals surface area contributed by atoms with Crippen molar-refractivity contribution in [3.63, 3.8) is 0 Å². The average Bonchev–Trinajstić information content (AvgIpc) is 2.39. The molecule has 0 bridgehead atoms. The van der Waals surface area contributed by atoms with Gasteiger partial charge in [-0.05, 0) is 55.5 Å². The summed E-state index contributed by atoms with van der Waals surface area (Å²) >= 11 is 0. The highest BCUT2D eigenvalue weighted by Gasteiger charge is 2.20. The van der Waals surface area contributed by atoms with E-state index in [4.69, 9.17) is 4.74 Å². The fraction of sp³-hybridized carbons (Fsp3) is 0.571. The summed E-state index contributed by atoms with van der Waals surface area (Å²) in [6.45, 7) is 4.68. The van der Waals surface area contributed by atoms with Crippen LogP contribution in [0.4, 0.5) is 0 Å². The van der Waals surface area contributed by atoms with Crippen LogP contribution in [0.3, 0.4) is 0 Å². The molecule has 1 heterocycles. The number of ether oxygens (including phenoxy) is 1. The van der Waals surface area contributed by atoms with E-state index in [-0.39, 0.29) is 0 Å². The third-order valence-electron chi connectivity index (χ3n) is 3.68. The number of hydrogen-bond acceptors (Lipinski definition) is 2. The first kappa shape index (κ1) is 11.5. The molecule has 1 N–H and O–H groups in total. The maximum absolute atomic E-state index is 5.18. The molecule has 1 aromatic rings. The molecule has 0 spiro atoms. The first-order chi connectivity index (χ1) is 7.81. The lowest BCUT2D eigenvalue weighted by molar-refractivity contribution is 0.334. The molecule has 0 saturated carbocycles. The SMILES string of the molecule is COc1ccc(C(C)C2CCCNC2)cc1. The summed E-state index contributed by atoms with van der Waals surface area (Å²) in [4.78, 5) is 0. The van der Waals surface area contributed by atoms with Gasteiger partial charge in [-0.2, -0.15) is 0 Å². The molecule has 0 amide bonds. The van der Waals surface area contributed by atoms with Gasteiger partial charge in [-0.3, -0.25) is 0 Å². The van der Waals surface area contributed by atoms with E-state index < -0.39 is 0 Å². The number of hydrogen-bond donors (Lipinski definition) is 1. The van der Waals surface area contributed by atoms with Gasteiger partial charge < -0.3 is 10.1 Å². The number of rotatable bonds is 3. The topological polar surface area (TPSA) is 21.3 Å². The summed E-state index contributed by atoms with van der Waals surface area (Å²) < 4.78 is 5.18. The van der Waals surface area contributed by atoms with Crippen molar-refractivity contribution < 1.29 is 4.74 Å². The van der Waals surface area contributed by atoms with Crippen LogP contribution in [0.25, 0.3) is 0 Å². The highest BCUT2D eigenvalue weighted by Crippen LogP contribution is 2.29. The molecular formula is C14H21NO. The summed E-state index contributed by atoms with van der Waals surface area (Å²) in [5.74, 6) is 2.36. The van der Waals surface area contributed by atoms with Gasteiger partial charge in [0.2, 0.25) is 0 Å². The van der Waals surface area contributed by atoms with E-state index in [2.05, 4.69) is 36.5 Å². The lowest BCUT2D eigenvalue weighted by atomic mass is 9.83. The molecule has 0 aromatic heterocycles. The van der Waals surface area contributed by atoms with E-state index in [9.17, 15) is 0 Å². The lowest BCUT2D eigenvalue weighted by Crippen LogP contribution is -2.32. The van der Waals surface area contributed by atoms with Crippen molar-refractivity contribution in [3.8, 4) is 5.75 Å². The third kappa shape index (κ3) is 2.56. The van der Waals surface area contributed by atoms with Crippen molar-refractivity contribution >= 4 is 0 Å². The highest BCUT2D eigenvalue weighted by molar-refractivity contribution is 5.29. The Bertz CT molecular complexity index is 314. The zero-order chi connectivity index (χ0) is 11.4. The molecule has 1 saturated heterocycles. The normalized spacial score (nSPS) is 22.8. The fourth-order valence-electron chi connectivity index (χ4n) is 2.49. The van der Waals surface area contributed by atoms with E-state index in [1.807, 2.05) is 0 Å². The second-order valence-electron chi connectivity index (χ2n) is 4.67. The molecule has 2 heteroatoms. The quantitative estimate of drug-likeness (QED) is 0.844. The van der Waals surface area contributed by atoms with Crippen LogP contribution in [0.1, 0.15) is 31.2 Å². The van der Waals surface area contributed by atoms with Crippen LogP contribution in [-0.4, -0.2) is 20.2 Å². The Morgan fingerprint density at radius 2 is 2.06 bits per heavy atom. The number of piperidine rings is 1. The molecule has 1 aliphatic rings. The second kappa shape index (κ2) is 5.35. The summed E-state index contributed by atoms with van der Waals surface area (Å²) in [5.41, 5.74) is 1.43. The van der Waals surface area contributed by atoms with Crippen LogP contribution >= 0.6 is 0 Å². The first-order valence-electron chi connectivity index (χ1n) is 6.16. The molecule has 2 atom stereocenters. The van der Waals surface area contributed by atoms with Crippen LogP contribution in [0, 0.1) is 5.92 Å². The van der Waals surface area contributed by atoms with Gasteiger partial charge in [0.1, 0.15) is 5.75 Å². The van der Waals surface area contributed by atoms with Crippen LogP contribution in [0.5, 0.6) is 5.75 Å². The van der Waals surface area contributed by atoms with Gasteiger partial charge in [0.05, 0.1) is 7.11 Å². The summed E-state index contributed by atoms with van der Waals surface area (Å²) in [6.07, 6.45) is 2.66. The van der Waals surface area contributed by atoms with Gasteiger partial charge in [0.25, 0.3) is 0 Å². The Labute approximate surface area is 98.0 Å². The molecule has 1 fully saturated rings. The Kier molecular flexibility index (Phi) is 3.83. The number of methoxy groups -OCH3 is 1. The summed E-state index contributed by atoms with van der Waals surface area (Å²) in [6, 6.07) is 8.50. The first-order valence-corrected chi connectivity index (χ1v) is 6.16. The predicted octanol–water partition coefficient (Wildman–Crippen LogP) is 2.80. The van der Waals surface area contributed by atoms with Crippen molar-refractivity contribution in [1.29, 1.82) is 0 Å². The standard InChI is InChI=1S/C14H21NO/c1-11(13-4-3-9-15-10-13)12-5-7-14(16-2)8-6-12/h5-8,11,13,15H,3-4,9-10H2,1-2H3. The van der Waals surface area contributed by atoms with Gasteiger partial charge in [-0.15, -0.1) is 0 Å². The molecule has 88 valence electrons. The Morgan fingerprint density at radius 1 is 1.31 bits per heavy atom. The largest absolute Gasteiger partial charge is 0.497 e. The fourth-order valence-corrected chi connectivity index (χ4v) is 2.49. The molecule has 2 nitrogen and oxygen atoms in total. The van der Waals surface area contributed by atoms with Gasteiger partial charge in [-0.25, -0.2) is 0 Å². The van der Waals surface area contributed by atoms with Gasteiger partial charge in [-0.1, -0.05) is 19.1 Å². The molecule has 2 unspecified atom stereocenters. The zero-order valence-corrected chi connectivity index (χ0v) is 10.2. The minimum atomic E-state index is 0.638. The Morgan fingerprint density at radius 3 is 2.62 bits per heavy atom. The average molecular weight is 219 g/mol. The maximum Gasteiger partial charge on any atom is 0.118 e. The predicted molar refractivity (Wildman–Crippen MR) is 67.0 cm³/mol. The molecular weight excluding hydrogens is 198 g/mol. The minimum absolute atomic E-state index is 0.638. The van der Waals surface area contributed by atoms with Crippen molar-refractivity contribution in [1.82, 2.24) is 5.32 Å². The van der Waals surface area contributed by atoms with E-state index in [1.54, 1.807) is 7.11 Å². The third-order valence-corrected chi connectivity index (χ3v) is 3.68. The zero-order valence-electron chi connectivity index (χ0n) is 10.2. The molecule has 1 aromatic carbocycles. The van der Waals surface area contributed by atoms with E-state index in [0.29, 0.717) is 5.92 Å². The van der Waals surface area contributed by atoms with Crippen molar-refractivity contribution in [2.75, 3.05) is 20.2 Å². The van der Waals surface area contributed by atoms with Crippen LogP contribution < -0.4 is 10.1 Å². The minimum Gasteiger partial charge on any atom is -0.497 e. The highest BCUT2D eigenvalue weighted by atomic mass is 16.5. The molecule has 0 radical (unpaired) electrons. The van der Waals surface area contributed by atoms with E-state index in [0.717, 1.165) is 18.2 Å². The van der Waals surface area contributed by atoms with Crippen molar-refractivity contribution in [3.05, 3.63) is 29.8 Å². The van der Waals surface area contributed by atoms with Gasteiger partial charge in [0.15, 0.2) is 0 Å².